The molecule has 39 heavy (non-hydrogen) atoms. The number of carbonyl (C=O) groups is 1. The maximum absolute atomic E-state index is 13.7. The Kier molecular flexibility index (Phi) is 9.07. The predicted octanol–water partition coefficient (Wildman–Crippen LogP) is 5.56. The number of aromatic nitrogens is 1. The molecule has 1 aliphatic rings. The Balaban J connectivity index is 0.00000172. The number of benzene rings is 3. The molecule has 3 N–H and O–H groups in total. The molecular formula is C32H35N5O2. The second kappa shape index (κ2) is 12.8. The van der Waals surface area contributed by atoms with Crippen molar-refractivity contribution in [1.29, 1.82) is 0 Å². The van der Waals surface area contributed by atoms with Crippen molar-refractivity contribution in [2.75, 3.05) is 19.6 Å². The second-order valence-corrected chi connectivity index (χ2v) is 9.09. The van der Waals surface area contributed by atoms with Crippen LogP contribution in [-0.2, 0) is 0 Å². The predicted molar refractivity (Wildman–Crippen MR) is 158 cm³/mol. The highest BCUT2D eigenvalue weighted by Gasteiger charge is 2.37. The summed E-state index contributed by atoms with van der Waals surface area (Å²) < 4.78 is 0. The van der Waals surface area contributed by atoms with Gasteiger partial charge in [0, 0.05) is 37.4 Å². The van der Waals surface area contributed by atoms with Crippen LogP contribution in [0, 0.1) is 0 Å². The third kappa shape index (κ3) is 6.16. The smallest absolute Gasteiger partial charge is 0.256 e. The fraction of sp³-hybridized carbons (Fsp3) is 0.219. The summed E-state index contributed by atoms with van der Waals surface area (Å²) in [5, 5.41) is 11.6. The molecule has 7 heteroatoms. The maximum atomic E-state index is 13.7. The third-order valence-electron chi connectivity index (χ3n) is 6.77. The van der Waals surface area contributed by atoms with Gasteiger partial charge in [0.15, 0.2) is 0 Å². The van der Waals surface area contributed by atoms with Crippen LogP contribution < -0.4 is 5.73 Å². The highest BCUT2D eigenvalue weighted by Crippen LogP contribution is 2.32. The van der Waals surface area contributed by atoms with Gasteiger partial charge in [-0.2, -0.15) is 4.99 Å². The lowest BCUT2D eigenvalue weighted by atomic mass is 9.94. The quantitative estimate of drug-likeness (QED) is 0.197. The minimum Gasteiger partial charge on any atom is -0.494 e. The van der Waals surface area contributed by atoms with E-state index in [1.807, 2.05) is 74.5 Å². The summed E-state index contributed by atoms with van der Waals surface area (Å²) in [6, 6.07) is 27.6. The van der Waals surface area contributed by atoms with Gasteiger partial charge < -0.3 is 15.7 Å². The summed E-state index contributed by atoms with van der Waals surface area (Å²) in [6.07, 6.45) is 3.38. The van der Waals surface area contributed by atoms with Gasteiger partial charge in [0.05, 0.1) is 17.6 Å². The molecule has 2 heterocycles. The highest BCUT2D eigenvalue weighted by molar-refractivity contribution is 6.06. The number of piperazine rings is 1. The topological polar surface area (TPSA) is 95.0 Å². The van der Waals surface area contributed by atoms with Crippen LogP contribution in [-0.4, -0.2) is 57.3 Å². The number of nitrogens with zero attached hydrogens (tertiary/aromatic N) is 4. The van der Waals surface area contributed by atoms with E-state index in [0.29, 0.717) is 25.2 Å². The fourth-order valence-corrected chi connectivity index (χ4v) is 5.08. The summed E-state index contributed by atoms with van der Waals surface area (Å²) in [5.41, 5.74) is 9.22. The Bertz CT molecular complexity index is 1390. The molecule has 3 aromatic carbocycles. The molecule has 0 radical (unpaired) electrons. The van der Waals surface area contributed by atoms with Crippen molar-refractivity contribution in [3.05, 3.63) is 126 Å². The molecule has 4 aromatic rings. The Morgan fingerprint density at radius 3 is 2.15 bits per heavy atom. The van der Waals surface area contributed by atoms with Crippen LogP contribution >= 0.6 is 0 Å². The number of aliphatic hydroxyl groups is 1. The molecule has 200 valence electrons. The number of amidine groups is 1. The Labute approximate surface area is 229 Å². The molecule has 1 atom stereocenters. The minimum atomic E-state index is -0.449. The van der Waals surface area contributed by atoms with E-state index in [2.05, 4.69) is 45.7 Å². The number of hydrogen-bond donors (Lipinski definition) is 2. The molecule has 0 bridgehead atoms. The molecular weight excluding hydrogens is 486 g/mol. The monoisotopic (exact) mass is 521 g/mol. The normalized spacial score (nSPS) is 16.0. The van der Waals surface area contributed by atoms with E-state index in [4.69, 9.17) is 5.73 Å². The summed E-state index contributed by atoms with van der Waals surface area (Å²) in [4.78, 5) is 26.2. The number of carbonyl (C=O) groups excluding carboxylic acids is 1. The average Bonchev–Trinajstić information content (AvgIpc) is 2.98. The van der Waals surface area contributed by atoms with Gasteiger partial charge in [0.25, 0.3) is 5.91 Å². The molecule has 1 amide bonds. The first kappa shape index (κ1) is 27.5. The Hall–Kier alpha value is -4.49. The lowest BCUT2D eigenvalue weighted by Gasteiger charge is -2.45. The van der Waals surface area contributed by atoms with Gasteiger partial charge in [-0.1, -0.05) is 98.8 Å². The molecule has 1 fully saturated rings. The summed E-state index contributed by atoms with van der Waals surface area (Å²) >= 11 is 0. The van der Waals surface area contributed by atoms with Crippen LogP contribution in [0.5, 0.6) is 0 Å². The van der Waals surface area contributed by atoms with Gasteiger partial charge in [-0.15, -0.1) is 0 Å². The van der Waals surface area contributed by atoms with Gasteiger partial charge >= 0.3 is 0 Å². The zero-order chi connectivity index (χ0) is 27.8. The molecule has 1 unspecified atom stereocenters. The number of aliphatic imine (C=N–C) groups is 1. The van der Waals surface area contributed by atoms with Crippen LogP contribution in [0.25, 0.3) is 10.8 Å². The number of nitrogens with two attached hydrogens (primary N) is 1. The van der Waals surface area contributed by atoms with E-state index in [1.165, 1.54) is 0 Å². The van der Waals surface area contributed by atoms with Crippen molar-refractivity contribution >= 4 is 22.5 Å². The van der Waals surface area contributed by atoms with Crippen LogP contribution in [0.4, 0.5) is 0 Å². The fourth-order valence-electron chi connectivity index (χ4n) is 5.08. The van der Waals surface area contributed by atoms with Crippen molar-refractivity contribution in [2.45, 2.75) is 25.9 Å². The first-order valence-electron chi connectivity index (χ1n) is 13.2. The van der Waals surface area contributed by atoms with Crippen molar-refractivity contribution in [1.82, 2.24) is 14.8 Å². The van der Waals surface area contributed by atoms with Crippen molar-refractivity contribution in [3.8, 4) is 0 Å². The number of hydrogen-bond acceptors (Lipinski definition) is 5. The minimum absolute atomic E-state index is 0.111. The van der Waals surface area contributed by atoms with E-state index in [9.17, 15) is 9.90 Å². The molecule has 5 rings (SSSR count). The summed E-state index contributed by atoms with van der Waals surface area (Å²) in [5.74, 6) is -0.270. The van der Waals surface area contributed by atoms with Crippen LogP contribution in [0.3, 0.4) is 0 Å². The number of aliphatic hydroxyl groups excluding tert-OH is 1. The molecule has 0 saturated carbocycles. The number of amides is 1. The summed E-state index contributed by atoms with van der Waals surface area (Å²) in [6.45, 7) is 8.85. The van der Waals surface area contributed by atoms with Gasteiger partial charge in [0.1, 0.15) is 5.84 Å². The van der Waals surface area contributed by atoms with E-state index < -0.39 is 6.04 Å². The molecule has 1 aromatic heterocycles. The Morgan fingerprint density at radius 2 is 1.54 bits per heavy atom. The van der Waals surface area contributed by atoms with Crippen molar-refractivity contribution < 1.29 is 9.90 Å². The third-order valence-corrected chi connectivity index (χ3v) is 6.77. The van der Waals surface area contributed by atoms with Crippen molar-refractivity contribution in [3.63, 3.8) is 0 Å². The van der Waals surface area contributed by atoms with Gasteiger partial charge in [-0.3, -0.25) is 14.7 Å². The number of pyridine rings is 1. The van der Waals surface area contributed by atoms with Gasteiger partial charge in [0.2, 0.25) is 5.88 Å². The lowest BCUT2D eigenvalue weighted by Crippen LogP contribution is -2.60. The van der Waals surface area contributed by atoms with Crippen LogP contribution in [0.1, 0.15) is 41.4 Å². The molecule has 1 saturated heterocycles. The lowest BCUT2D eigenvalue weighted by molar-refractivity contribution is 0.0519. The SMILES string of the molecule is C=C(O)/N=C(\N)C1CN(C(=O)c2cncc3ccccc23)CCN1C(c1ccccc1)c1ccccc1.CC. The van der Waals surface area contributed by atoms with E-state index in [1.54, 1.807) is 17.3 Å². The average molecular weight is 522 g/mol. The van der Waals surface area contributed by atoms with E-state index in [0.717, 1.165) is 21.9 Å². The molecule has 1 aliphatic heterocycles. The highest BCUT2D eigenvalue weighted by atomic mass is 16.3. The van der Waals surface area contributed by atoms with E-state index in [-0.39, 0.29) is 23.7 Å². The van der Waals surface area contributed by atoms with Crippen molar-refractivity contribution in [2.24, 2.45) is 10.7 Å². The molecule has 0 aliphatic carbocycles. The first-order valence-corrected chi connectivity index (χ1v) is 13.2. The van der Waals surface area contributed by atoms with Crippen LogP contribution in [0.2, 0.25) is 0 Å². The van der Waals surface area contributed by atoms with E-state index >= 15 is 0 Å². The van der Waals surface area contributed by atoms with Gasteiger partial charge in [-0.05, 0) is 23.1 Å². The summed E-state index contributed by atoms with van der Waals surface area (Å²) in [7, 11) is 0. The molecule has 7 nitrogen and oxygen atoms in total. The zero-order valence-electron chi connectivity index (χ0n) is 22.4. The van der Waals surface area contributed by atoms with Crippen LogP contribution in [0.15, 0.2) is 115 Å². The zero-order valence-corrected chi connectivity index (χ0v) is 22.4. The number of rotatable bonds is 6. The largest absolute Gasteiger partial charge is 0.494 e. The van der Waals surface area contributed by atoms with Gasteiger partial charge in [-0.25, -0.2) is 0 Å². The second-order valence-electron chi connectivity index (χ2n) is 9.09. The number of fused-ring (bicyclic) bond motifs is 1. The first-order chi connectivity index (χ1) is 19.0. The Morgan fingerprint density at radius 1 is 0.949 bits per heavy atom. The maximum Gasteiger partial charge on any atom is 0.256 e. The standard InChI is InChI=1S/C30H29N5O2.C2H6/c1-21(36)33-29(31)27-20-34(30(37)26-19-32-18-24-14-8-9-15-25(24)26)16-17-35(27)28(22-10-4-2-5-11-22)23-12-6-3-7-13-23;1-2/h2-15,18-19,27-28,36H,1,16-17,20H2,(H2,31,33);1-2H3. The molecule has 0 spiro atoms.